The average molecular weight is 344 g/mol. The predicted molar refractivity (Wildman–Crippen MR) is 96.1 cm³/mol. The van der Waals surface area contributed by atoms with Gasteiger partial charge in [-0.1, -0.05) is 12.1 Å². The van der Waals surface area contributed by atoms with Gasteiger partial charge in [-0.2, -0.15) is 0 Å². The predicted octanol–water partition coefficient (Wildman–Crippen LogP) is 0.929. The molecule has 3 rings (SSSR count). The lowest BCUT2D eigenvalue weighted by molar-refractivity contribution is -0.119. The molecule has 0 amide bonds. The Hall–Kier alpha value is -1.70. The number of benzene rings is 1. The summed E-state index contributed by atoms with van der Waals surface area (Å²) < 4.78 is 5.60. The highest BCUT2D eigenvalue weighted by Crippen LogP contribution is 2.36. The highest BCUT2D eigenvalue weighted by Gasteiger charge is 2.37. The summed E-state index contributed by atoms with van der Waals surface area (Å²) in [6, 6.07) is 5.42. The van der Waals surface area contributed by atoms with E-state index in [1.165, 1.54) is 6.92 Å². The number of nitrogens with zero attached hydrogens (tertiary/aromatic N) is 1. The Morgan fingerprint density at radius 1 is 1.36 bits per heavy atom. The van der Waals surface area contributed by atoms with E-state index >= 15 is 0 Å². The number of hydrogen-bond donors (Lipinski definition) is 2. The van der Waals surface area contributed by atoms with Crippen molar-refractivity contribution < 1.29 is 19.3 Å². The summed E-state index contributed by atoms with van der Waals surface area (Å²) in [5, 5.41) is 13.6. The van der Waals surface area contributed by atoms with E-state index in [9.17, 15) is 14.6 Å². The van der Waals surface area contributed by atoms with Crippen LogP contribution in [0.5, 0.6) is 5.75 Å². The fourth-order valence-corrected chi connectivity index (χ4v) is 3.55. The maximum absolute atomic E-state index is 12.3. The van der Waals surface area contributed by atoms with E-state index in [1.807, 2.05) is 12.1 Å². The molecule has 134 valence electrons. The highest BCUT2D eigenvalue weighted by atomic mass is 16.5. The fourth-order valence-electron chi connectivity index (χ4n) is 3.55. The van der Waals surface area contributed by atoms with Gasteiger partial charge in [0.25, 0.3) is 0 Å². The number of nitrogens with one attached hydrogen (secondary N) is 1. The number of ketones is 2. The molecule has 6 nitrogen and oxygen atoms in total. The number of fused-ring (bicyclic) bond motifs is 1. The van der Waals surface area contributed by atoms with Crippen LogP contribution >= 0.6 is 0 Å². The van der Waals surface area contributed by atoms with Crippen LogP contribution in [0.15, 0.2) is 18.2 Å². The maximum atomic E-state index is 12.3. The smallest absolute Gasteiger partial charge is 0.526 e. The van der Waals surface area contributed by atoms with Crippen molar-refractivity contribution >= 4 is 18.7 Å². The van der Waals surface area contributed by atoms with Gasteiger partial charge in [-0.3, -0.25) is 9.59 Å². The summed E-state index contributed by atoms with van der Waals surface area (Å²) in [7, 11) is -1.05. The Morgan fingerprint density at radius 2 is 2.12 bits per heavy atom. The number of carbonyl (C=O) groups excluding carboxylic acids is 2. The highest BCUT2D eigenvalue weighted by molar-refractivity contribution is 6.47. The van der Waals surface area contributed by atoms with Crippen LogP contribution < -0.4 is 9.97 Å². The summed E-state index contributed by atoms with van der Waals surface area (Å²) in [5.41, 5.74) is 1.37. The van der Waals surface area contributed by atoms with Gasteiger partial charge in [0, 0.05) is 51.4 Å². The van der Waals surface area contributed by atoms with Gasteiger partial charge in [-0.05, 0) is 25.0 Å². The first-order chi connectivity index (χ1) is 12.0. The van der Waals surface area contributed by atoms with E-state index in [2.05, 4.69) is 10.2 Å². The standard InChI is InChI=1S/C18H25BN2O4/c1-13(22)17-4-2-3-14-11-15(19(24)25-18(14)17)12-16(23)5-8-21-9-6-20-7-10-21/h2-4,15,20,24H,5-12H2,1H3/t15-/m1/s1. The topological polar surface area (TPSA) is 78.9 Å². The van der Waals surface area contributed by atoms with Crippen LogP contribution in [0.25, 0.3) is 0 Å². The van der Waals surface area contributed by atoms with Crippen molar-refractivity contribution in [2.24, 2.45) is 0 Å². The zero-order valence-corrected chi connectivity index (χ0v) is 14.7. The van der Waals surface area contributed by atoms with Crippen molar-refractivity contribution in [2.75, 3.05) is 32.7 Å². The zero-order chi connectivity index (χ0) is 17.8. The van der Waals surface area contributed by atoms with E-state index in [4.69, 9.17) is 4.65 Å². The van der Waals surface area contributed by atoms with Crippen LogP contribution in [0, 0.1) is 0 Å². The van der Waals surface area contributed by atoms with Gasteiger partial charge in [0.2, 0.25) is 0 Å². The Labute approximate surface area is 148 Å². The third-order valence-electron chi connectivity index (χ3n) is 5.01. The van der Waals surface area contributed by atoms with Crippen LogP contribution in [0.2, 0.25) is 5.82 Å². The van der Waals surface area contributed by atoms with Crippen molar-refractivity contribution in [2.45, 2.75) is 32.0 Å². The van der Waals surface area contributed by atoms with E-state index in [0.717, 1.165) is 38.3 Å². The quantitative estimate of drug-likeness (QED) is 0.591. The fraction of sp³-hybridized carbons (Fsp3) is 0.556. The largest absolute Gasteiger partial charge is 0.535 e. The van der Waals surface area contributed by atoms with Crippen molar-refractivity contribution in [1.29, 1.82) is 0 Å². The maximum Gasteiger partial charge on any atom is 0.526 e. The molecule has 1 atom stereocenters. The van der Waals surface area contributed by atoms with Crippen LogP contribution in [0.3, 0.4) is 0 Å². The second-order valence-corrected chi connectivity index (χ2v) is 6.91. The van der Waals surface area contributed by atoms with E-state index in [-0.39, 0.29) is 17.4 Å². The van der Waals surface area contributed by atoms with Gasteiger partial charge < -0.3 is 19.9 Å². The Bertz CT molecular complexity index is 646. The van der Waals surface area contributed by atoms with Crippen LogP contribution in [0.1, 0.15) is 35.7 Å². The lowest BCUT2D eigenvalue weighted by atomic mass is 9.64. The molecular weight excluding hydrogens is 319 g/mol. The van der Waals surface area contributed by atoms with E-state index in [1.54, 1.807) is 6.07 Å². The number of Topliss-reactive ketones (excluding diaryl/α,β-unsaturated/α-hetero) is 2. The number of rotatable bonds is 6. The molecule has 1 fully saturated rings. The van der Waals surface area contributed by atoms with Gasteiger partial charge in [0.05, 0.1) is 5.56 Å². The molecule has 7 heteroatoms. The summed E-state index contributed by atoms with van der Waals surface area (Å²) in [4.78, 5) is 26.3. The number of hydrogen-bond acceptors (Lipinski definition) is 6. The minimum absolute atomic E-state index is 0.0883. The summed E-state index contributed by atoms with van der Waals surface area (Å²) in [6.45, 7) is 6.15. The van der Waals surface area contributed by atoms with Crippen molar-refractivity contribution in [3.05, 3.63) is 29.3 Å². The van der Waals surface area contributed by atoms with Gasteiger partial charge in [0.15, 0.2) is 5.78 Å². The molecule has 2 heterocycles. The lowest BCUT2D eigenvalue weighted by Crippen LogP contribution is -2.44. The van der Waals surface area contributed by atoms with Crippen molar-refractivity contribution in [3.8, 4) is 5.75 Å². The molecule has 2 N–H and O–H groups in total. The molecule has 0 aromatic heterocycles. The molecule has 1 saturated heterocycles. The third-order valence-corrected chi connectivity index (χ3v) is 5.01. The van der Waals surface area contributed by atoms with Gasteiger partial charge >= 0.3 is 7.12 Å². The van der Waals surface area contributed by atoms with Gasteiger partial charge in [0.1, 0.15) is 11.5 Å². The molecule has 2 aliphatic rings. The van der Waals surface area contributed by atoms with Gasteiger partial charge in [-0.15, -0.1) is 0 Å². The first-order valence-electron chi connectivity index (χ1n) is 8.97. The minimum atomic E-state index is -1.05. The number of para-hydroxylation sites is 1. The summed E-state index contributed by atoms with van der Waals surface area (Å²) >= 11 is 0. The molecule has 25 heavy (non-hydrogen) atoms. The number of carbonyl (C=O) groups is 2. The molecule has 0 bridgehead atoms. The Morgan fingerprint density at radius 3 is 2.84 bits per heavy atom. The van der Waals surface area contributed by atoms with Gasteiger partial charge in [-0.25, -0.2) is 0 Å². The molecule has 1 aromatic rings. The molecular formula is C18H25BN2O4. The van der Waals surface area contributed by atoms with Crippen molar-refractivity contribution in [1.82, 2.24) is 10.2 Å². The molecule has 0 radical (unpaired) electrons. The SMILES string of the molecule is CC(=O)c1cccc2c1OB(O)[C@@H](CC(=O)CCN1CCNCC1)C2. The molecule has 1 aromatic carbocycles. The molecule has 0 saturated carbocycles. The Balaban J connectivity index is 1.57. The van der Waals surface area contributed by atoms with E-state index < -0.39 is 7.12 Å². The molecule has 2 aliphatic heterocycles. The monoisotopic (exact) mass is 344 g/mol. The van der Waals surface area contributed by atoms with E-state index in [0.29, 0.717) is 30.6 Å². The summed E-state index contributed by atoms with van der Waals surface area (Å²) in [5.74, 6) is 0.268. The number of piperazine rings is 1. The molecule has 0 spiro atoms. The zero-order valence-electron chi connectivity index (χ0n) is 14.7. The second kappa shape index (κ2) is 8.12. The van der Waals surface area contributed by atoms with Crippen molar-refractivity contribution in [3.63, 3.8) is 0 Å². The average Bonchev–Trinajstić information content (AvgIpc) is 2.61. The lowest BCUT2D eigenvalue weighted by Gasteiger charge is -2.29. The third kappa shape index (κ3) is 4.48. The normalized spacial score (nSPS) is 20.7. The van der Waals surface area contributed by atoms with Crippen LogP contribution in [0.4, 0.5) is 0 Å². The minimum Gasteiger partial charge on any atom is -0.535 e. The first-order valence-corrected chi connectivity index (χ1v) is 8.97. The van der Waals surface area contributed by atoms with Crippen LogP contribution in [-0.4, -0.2) is 61.3 Å². The molecule has 0 aliphatic carbocycles. The second-order valence-electron chi connectivity index (χ2n) is 6.91. The summed E-state index contributed by atoms with van der Waals surface area (Å²) in [6.07, 6.45) is 1.36. The van der Waals surface area contributed by atoms with Crippen LogP contribution in [-0.2, 0) is 11.2 Å². The molecule has 0 unspecified atom stereocenters. The first kappa shape index (κ1) is 18.1. The Kier molecular flexibility index (Phi) is 5.88.